The summed E-state index contributed by atoms with van der Waals surface area (Å²) in [5, 5.41) is 38.9. The van der Waals surface area contributed by atoms with Crippen molar-refractivity contribution in [1.29, 1.82) is 0 Å². The highest BCUT2D eigenvalue weighted by Crippen LogP contribution is 2.30. The number of hydrogen-bond acceptors (Lipinski definition) is 12. The number of rotatable bonds is 35. The summed E-state index contributed by atoms with van der Waals surface area (Å²) >= 11 is 0. The molecule has 0 radical (unpaired) electrons. The summed E-state index contributed by atoms with van der Waals surface area (Å²) < 4.78 is 12.1. The number of primary amides is 1. The van der Waals surface area contributed by atoms with Crippen molar-refractivity contribution in [2.45, 2.75) is 174 Å². The first-order valence-corrected chi connectivity index (χ1v) is 24.7. The van der Waals surface area contributed by atoms with Gasteiger partial charge in [0.2, 0.25) is 35.4 Å². The Morgan fingerprint density at radius 3 is 2.01 bits per heavy atom. The molecule has 2 rings (SSSR count). The van der Waals surface area contributed by atoms with E-state index < -0.39 is 70.8 Å². The predicted molar refractivity (Wildman–Crippen MR) is 260 cm³/mol. The van der Waals surface area contributed by atoms with Crippen molar-refractivity contribution in [3.8, 4) is 0 Å². The van der Waals surface area contributed by atoms with Crippen molar-refractivity contribution in [3.05, 3.63) is 23.9 Å². The van der Waals surface area contributed by atoms with Crippen molar-refractivity contribution >= 4 is 47.4 Å². The largest absolute Gasteiger partial charge is 0.481 e. The molecule has 0 aromatic heterocycles. The molecule has 2 aliphatic rings. The zero-order chi connectivity index (χ0) is 51.6. The molecule has 0 bridgehead atoms. The van der Waals surface area contributed by atoms with Crippen LogP contribution in [0.1, 0.15) is 144 Å². The smallest absolute Gasteiger partial charge is 0.326 e. The first-order valence-electron chi connectivity index (χ1n) is 24.7. The van der Waals surface area contributed by atoms with Crippen molar-refractivity contribution in [2.24, 2.45) is 23.0 Å². The number of carbonyl (C=O) groups is 8. The molecule has 1 saturated carbocycles. The zero-order valence-corrected chi connectivity index (χ0v) is 42.2. The van der Waals surface area contributed by atoms with E-state index in [2.05, 4.69) is 44.1 Å². The highest BCUT2D eigenvalue weighted by molar-refractivity contribution is 5.89. The Morgan fingerprint density at radius 2 is 1.41 bits per heavy atom. The van der Waals surface area contributed by atoms with Crippen LogP contribution < -0.4 is 43.0 Å². The second-order valence-electron chi connectivity index (χ2n) is 19.8. The van der Waals surface area contributed by atoms with Gasteiger partial charge < -0.3 is 62.6 Å². The number of allylic oxidation sites excluding steroid dienone is 2. The van der Waals surface area contributed by atoms with Crippen LogP contribution in [0.5, 0.6) is 0 Å². The average Bonchev–Trinajstić information content (AvgIpc) is 3.28. The molecular weight excluding hydrogens is 893 g/mol. The molecule has 0 aromatic carbocycles. The van der Waals surface area contributed by atoms with Gasteiger partial charge in [0.1, 0.15) is 18.1 Å². The van der Waals surface area contributed by atoms with Gasteiger partial charge in [0, 0.05) is 50.5 Å². The topological polar surface area (TPSA) is 306 Å². The standard InChI is InChI=1S/C49H84N8O12/c1-8-27-52-35-20-24-49(6,25-21-35)46(67)54-28-10-9-11-36(42(50)62)55-40(59)22-23-47(2,3)68-30-26-48(4,5)69-31-29-53-44(64)37(17-19-41(60)61)56-39(58)18-16-38(45(65)66)57-43(63)34-14-12-33(13-15-34)32-51-7/h20-21,24,33-34,36-38,51-52H,8-19,22-23,25-32H2,1-7H3,(H2,50,62)(H,53,64)(H,54,67)(H,55,59)(H,56,58)(H,57,63)(H,60,61)(H,65,66)/t33?,34?,36?,37-,38-,49?/m0/s1. The number of hydrogen-bond donors (Lipinski definition) is 10. The number of ether oxygens (including phenoxy) is 2. The monoisotopic (exact) mass is 977 g/mol. The summed E-state index contributed by atoms with van der Waals surface area (Å²) in [5.41, 5.74) is 4.60. The Labute approximate surface area is 408 Å². The minimum absolute atomic E-state index is 0.0452. The van der Waals surface area contributed by atoms with E-state index in [-0.39, 0.29) is 69.1 Å². The Bertz CT molecular complexity index is 1760. The number of aliphatic carboxylic acids is 2. The summed E-state index contributed by atoms with van der Waals surface area (Å²) in [6.45, 7) is 14.0. The molecule has 392 valence electrons. The van der Waals surface area contributed by atoms with Crippen molar-refractivity contribution in [1.82, 2.24) is 37.2 Å². The third kappa shape index (κ3) is 24.4. The van der Waals surface area contributed by atoms with E-state index in [0.717, 1.165) is 38.0 Å². The highest BCUT2D eigenvalue weighted by Gasteiger charge is 2.33. The van der Waals surface area contributed by atoms with Crippen LogP contribution in [0.2, 0.25) is 0 Å². The van der Waals surface area contributed by atoms with E-state index >= 15 is 0 Å². The van der Waals surface area contributed by atoms with Gasteiger partial charge in [0.05, 0.1) is 29.8 Å². The maximum Gasteiger partial charge on any atom is 0.326 e. The molecule has 69 heavy (non-hydrogen) atoms. The lowest BCUT2D eigenvalue weighted by Crippen LogP contribution is -2.49. The normalized spacial score (nSPS) is 19.5. The number of nitrogens with two attached hydrogens (primary N) is 1. The third-order valence-corrected chi connectivity index (χ3v) is 12.7. The molecule has 4 atom stereocenters. The van der Waals surface area contributed by atoms with Gasteiger partial charge >= 0.3 is 11.9 Å². The van der Waals surface area contributed by atoms with Crippen molar-refractivity contribution in [2.75, 3.05) is 46.4 Å². The minimum Gasteiger partial charge on any atom is -0.481 e. The van der Waals surface area contributed by atoms with Crippen LogP contribution in [0.4, 0.5) is 0 Å². The fourth-order valence-corrected chi connectivity index (χ4v) is 8.03. The number of unbranched alkanes of at least 4 members (excludes halogenated alkanes) is 1. The van der Waals surface area contributed by atoms with Gasteiger partial charge in [-0.25, -0.2) is 4.79 Å². The fraction of sp³-hybridized carbons (Fsp3) is 0.755. The molecule has 20 nitrogen and oxygen atoms in total. The molecule has 1 fully saturated rings. The van der Waals surface area contributed by atoms with Gasteiger partial charge in [-0.05, 0) is 144 Å². The minimum atomic E-state index is -1.31. The van der Waals surface area contributed by atoms with Crippen LogP contribution in [0, 0.1) is 17.3 Å². The molecule has 6 amide bonds. The van der Waals surface area contributed by atoms with Crippen LogP contribution in [0.25, 0.3) is 0 Å². The molecule has 0 heterocycles. The number of amides is 6. The fourth-order valence-electron chi connectivity index (χ4n) is 8.03. The van der Waals surface area contributed by atoms with Crippen LogP contribution >= 0.6 is 0 Å². The van der Waals surface area contributed by atoms with E-state index in [1.807, 2.05) is 59.9 Å². The van der Waals surface area contributed by atoms with Gasteiger partial charge in [0.15, 0.2) is 0 Å². The molecule has 2 unspecified atom stereocenters. The maximum absolute atomic E-state index is 13.1. The number of carbonyl (C=O) groups excluding carboxylic acids is 6. The first kappa shape index (κ1) is 60.0. The molecule has 20 heteroatoms. The Kier molecular flexibility index (Phi) is 26.5. The second kappa shape index (κ2) is 30.5. The number of carboxylic acids is 2. The van der Waals surface area contributed by atoms with Gasteiger partial charge in [0.25, 0.3) is 0 Å². The summed E-state index contributed by atoms with van der Waals surface area (Å²) in [4.78, 5) is 100. The van der Waals surface area contributed by atoms with Gasteiger partial charge in [-0.2, -0.15) is 0 Å². The summed E-state index contributed by atoms with van der Waals surface area (Å²) in [6.07, 6.45) is 11.8. The Hall–Kier alpha value is -5.08. The zero-order valence-electron chi connectivity index (χ0n) is 42.2. The molecule has 0 spiro atoms. The molecular formula is C49H84N8O12. The van der Waals surface area contributed by atoms with Gasteiger partial charge in [-0.15, -0.1) is 0 Å². The van der Waals surface area contributed by atoms with E-state index in [9.17, 15) is 48.6 Å². The first-order chi connectivity index (χ1) is 32.5. The highest BCUT2D eigenvalue weighted by atomic mass is 16.5. The van der Waals surface area contributed by atoms with Crippen LogP contribution in [-0.4, -0.2) is 133 Å². The lowest BCUT2D eigenvalue weighted by molar-refractivity contribution is -0.143. The van der Waals surface area contributed by atoms with E-state index in [1.54, 1.807) is 0 Å². The lowest BCUT2D eigenvalue weighted by atomic mass is 9.81. The van der Waals surface area contributed by atoms with Gasteiger partial charge in [-0.3, -0.25) is 33.6 Å². The second-order valence-corrected chi connectivity index (χ2v) is 19.8. The third-order valence-electron chi connectivity index (χ3n) is 12.7. The summed E-state index contributed by atoms with van der Waals surface area (Å²) in [6, 6.07) is -3.35. The van der Waals surface area contributed by atoms with E-state index in [0.29, 0.717) is 63.8 Å². The molecule has 0 aromatic rings. The van der Waals surface area contributed by atoms with Crippen molar-refractivity contribution in [3.63, 3.8) is 0 Å². The van der Waals surface area contributed by atoms with E-state index in [4.69, 9.17) is 15.2 Å². The predicted octanol–water partition coefficient (Wildman–Crippen LogP) is 2.69. The molecule has 0 aliphatic heterocycles. The van der Waals surface area contributed by atoms with Gasteiger partial charge in [-0.1, -0.05) is 19.1 Å². The average molecular weight is 977 g/mol. The summed E-state index contributed by atoms with van der Waals surface area (Å²) in [7, 11) is 1.87. The molecule has 0 saturated heterocycles. The molecule has 2 aliphatic carbocycles. The number of carboxylic acid groups (broad SMARTS) is 2. The van der Waals surface area contributed by atoms with Crippen LogP contribution in [0.3, 0.4) is 0 Å². The summed E-state index contributed by atoms with van der Waals surface area (Å²) in [5.74, 6) is -4.98. The Balaban J connectivity index is 1.71. The molecule has 11 N–H and O–H groups in total. The van der Waals surface area contributed by atoms with E-state index in [1.165, 1.54) is 0 Å². The van der Waals surface area contributed by atoms with Crippen LogP contribution in [-0.2, 0) is 47.8 Å². The van der Waals surface area contributed by atoms with Crippen LogP contribution in [0.15, 0.2) is 23.9 Å². The lowest BCUT2D eigenvalue weighted by Gasteiger charge is -2.30. The number of nitrogens with one attached hydrogen (secondary N) is 7. The maximum atomic E-state index is 13.1. The SMILES string of the molecule is CCCNC1=CCC(C)(C(=O)NCCCCC(NC(=O)CCC(C)(C)OCCC(C)(C)OCCNC(=O)[C@H](CCC(=O)O)NC(=O)CC[C@H](NC(=O)C2CCC(CNC)CC2)C(=O)O)C(N)=O)C=C1. The Morgan fingerprint density at radius 1 is 0.768 bits per heavy atom. The quantitative estimate of drug-likeness (QED) is 0.0409. The van der Waals surface area contributed by atoms with Crippen molar-refractivity contribution < 1.29 is 58.0 Å².